The quantitative estimate of drug-likeness (QED) is 0.458. The lowest BCUT2D eigenvalue weighted by Gasteiger charge is -2.02. The average Bonchev–Trinajstić information content (AvgIpc) is 2.30. The number of hydrogen-bond acceptors (Lipinski definition) is 5. The molecule has 5 nitrogen and oxygen atoms in total. The van der Waals surface area contributed by atoms with Crippen LogP contribution in [0.4, 0.5) is 0 Å². The van der Waals surface area contributed by atoms with Gasteiger partial charge < -0.3 is 15.6 Å². The van der Waals surface area contributed by atoms with Crippen LogP contribution in [0.3, 0.4) is 0 Å². The van der Waals surface area contributed by atoms with Gasteiger partial charge in [0.15, 0.2) is 0 Å². The van der Waals surface area contributed by atoms with Crippen molar-refractivity contribution in [1.82, 2.24) is 0 Å². The smallest absolute Gasteiger partial charge is 0.379 e. The number of esters is 1. The Bertz CT molecular complexity index is 448. The number of carbonyl (C=O) groups excluding carboxylic acids is 2. The Kier molecular flexibility index (Phi) is 4.28. The first kappa shape index (κ1) is 12.8. The number of benzene rings is 1. The van der Waals surface area contributed by atoms with Crippen LogP contribution in [-0.4, -0.2) is 23.5 Å². The molecule has 0 aliphatic heterocycles. The van der Waals surface area contributed by atoms with E-state index in [1.54, 1.807) is 19.1 Å². The Balaban J connectivity index is 2.82. The predicted molar refractivity (Wildman–Crippen MR) is 61.9 cm³/mol. The van der Waals surface area contributed by atoms with E-state index in [-0.39, 0.29) is 18.1 Å². The number of aromatic hydroxyl groups is 1. The third-order valence-corrected chi connectivity index (χ3v) is 1.96. The fraction of sp³-hybridized carbons (Fsp3) is 0.167. The molecule has 17 heavy (non-hydrogen) atoms. The van der Waals surface area contributed by atoms with Gasteiger partial charge in [-0.25, -0.2) is 4.79 Å². The largest absolute Gasteiger partial charge is 0.508 e. The number of nitrogens with two attached hydrogens (primary N) is 1. The molecule has 0 saturated carbocycles. The van der Waals surface area contributed by atoms with Crippen LogP contribution in [0.1, 0.15) is 12.5 Å². The second-order valence-corrected chi connectivity index (χ2v) is 3.23. The summed E-state index contributed by atoms with van der Waals surface area (Å²) in [5.41, 5.74) is 6.31. The lowest BCUT2D eigenvalue weighted by molar-refractivity contribution is -0.151. The van der Waals surface area contributed by atoms with Gasteiger partial charge in [-0.15, -0.1) is 0 Å². The minimum Gasteiger partial charge on any atom is -0.508 e. The molecule has 0 fully saturated rings. The molecule has 0 aliphatic rings. The van der Waals surface area contributed by atoms with Crippen molar-refractivity contribution < 1.29 is 19.4 Å². The standard InChI is InChI=1S/C12H13NO4/c1-2-17-12(16)11(15)7-10(13)8-3-5-9(14)6-4-8/h3-7,14H,2,13H2,1H3. The SMILES string of the molecule is CCOC(=O)C(=O)C=C(N)c1ccc(O)cc1. The fourth-order valence-electron chi connectivity index (χ4n) is 1.14. The van der Waals surface area contributed by atoms with Crippen LogP contribution in [0.25, 0.3) is 5.70 Å². The highest BCUT2D eigenvalue weighted by Crippen LogP contribution is 2.14. The predicted octanol–water partition coefficient (Wildman–Crippen LogP) is 0.824. The van der Waals surface area contributed by atoms with Gasteiger partial charge >= 0.3 is 5.97 Å². The normalized spacial score (nSPS) is 11.0. The van der Waals surface area contributed by atoms with Crippen molar-refractivity contribution in [3.05, 3.63) is 35.9 Å². The second kappa shape index (κ2) is 5.69. The maximum atomic E-state index is 11.3. The van der Waals surface area contributed by atoms with Crippen molar-refractivity contribution in [3.8, 4) is 5.75 Å². The summed E-state index contributed by atoms with van der Waals surface area (Å²) in [7, 11) is 0. The Morgan fingerprint density at radius 2 is 1.94 bits per heavy atom. The zero-order valence-electron chi connectivity index (χ0n) is 9.34. The van der Waals surface area contributed by atoms with Gasteiger partial charge in [-0.1, -0.05) is 0 Å². The number of phenols is 1. The molecule has 0 saturated heterocycles. The second-order valence-electron chi connectivity index (χ2n) is 3.23. The van der Waals surface area contributed by atoms with E-state index < -0.39 is 11.8 Å². The van der Waals surface area contributed by atoms with Crippen LogP contribution in [0.2, 0.25) is 0 Å². The first-order valence-corrected chi connectivity index (χ1v) is 5.02. The Labute approximate surface area is 98.5 Å². The summed E-state index contributed by atoms with van der Waals surface area (Å²) >= 11 is 0. The molecule has 0 spiro atoms. The van der Waals surface area contributed by atoms with Gasteiger partial charge in [0.05, 0.1) is 6.61 Å². The van der Waals surface area contributed by atoms with E-state index in [0.29, 0.717) is 5.56 Å². The lowest BCUT2D eigenvalue weighted by atomic mass is 10.1. The van der Waals surface area contributed by atoms with E-state index in [1.807, 2.05) is 0 Å². The Hall–Kier alpha value is -2.30. The summed E-state index contributed by atoms with van der Waals surface area (Å²) in [6.07, 6.45) is 1.00. The number of carbonyl (C=O) groups is 2. The molecule has 0 unspecified atom stereocenters. The topological polar surface area (TPSA) is 89.6 Å². The summed E-state index contributed by atoms with van der Waals surface area (Å²) in [6, 6.07) is 5.95. The van der Waals surface area contributed by atoms with E-state index in [4.69, 9.17) is 10.8 Å². The van der Waals surface area contributed by atoms with Crippen LogP contribution in [-0.2, 0) is 14.3 Å². The summed E-state index contributed by atoms with van der Waals surface area (Å²) in [5, 5.41) is 9.08. The number of ether oxygens (including phenoxy) is 1. The molecule has 0 amide bonds. The van der Waals surface area contributed by atoms with Crippen LogP contribution < -0.4 is 5.73 Å². The molecular weight excluding hydrogens is 222 g/mol. The van der Waals surface area contributed by atoms with Gasteiger partial charge in [0, 0.05) is 11.8 Å². The van der Waals surface area contributed by atoms with E-state index >= 15 is 0 Å². The molecular formula is C12H13NO4. The lowest BCUT2D eigenvalue weighted by Crippen LogP contribution is -2.16. The summed E-state index contributed by atoms with van der Waals surface area (Å²) in [5.74, 6) is -1.65. The molecule has 0 aliphatic carbocycles. The van der Waals surface area contributed by atoms with Gasteiger partial charge in [-0.2, -0.15) is 0 Å². The van der Waals surface area contributed by atoms with Gasteiger partial charge in [-0.05, 0) is 36.8 Å². The van der Waals surface area contributed by atoms with Crippen LogP contribution in [0.5, 0.6) is 5.75 Å². The van der Waals surface area contributed by atoms with E-state index in [2.05, 4.69) is 4.74 Å². The zero-order chi connectivity index (χ0) is 12.8. The van der Waals surface area contributed by atoms with Crippen molar-refractivity contribution in [1.29, 1.82) is 0 Å². The molecule has 1 aromatic carbocycles. The van der Waals surface area contributed by atoms with Gasteiger partial charge in [-0.3, -0.25) is 4.79 Å². The molecule has 3 N–H and O–H groups in total. The maximum absolute atomic E-state index is 11.3. The Morgan fingerprint density at radius 1 is 1.35 bits per heavy atom. The monoisotopic (exact) mass is 235 g/mol. The molecule has 0 bridgehead atoms. The minimum atomic E-state index is -0.936. The van der Waals surface area contributed by atoms with Gasteiger partial charge in [0.1, 0.15) is 5.75 Å². The molecule has 1 rings (SSSR count). The maximum Gasteiger partial charge on any atom is 0.379 e. The molecule has 5 heteroatoms. The number of phenolic OH excluding ortho intramolecular Hbond substituents is 1. The van der Waals surface area contributed by atoms with Gasteiger partial charge in [0.2, 0.25) is 0 Å². The van der Waals surface area contributed by atoms with Crippen molar-refractivity contribution in [3.63, 3.8) is 0 Å². The number of rotatable bonds is 4. The van der Waals surface area contributed by atoms with Crippen molar-refractivity contribution in [2.75, 3.05) is 6.61 Å². The minimum absolute atomic E-state index is 0.0956. The molecule has 0 aromatic heterocycles. The highest BCUT2D eigenvalue weighted by molar-refractivity contribution is 6.39. The van der Waals surface area contributed by atoms with Crippen LogP contribution >= 0.6 is 0 Å². The van der Waals surface area contributed by atoms with Crippen molar-refractivity contribution in [2.45, 2.75) is 6.92 Å². The van der Waals surface area contributed by atoms with Crippen LogP contribution in [0.15, 0.2) is 30.3 Å². The molecule has 90 valence electrons. The van der Waals surface area contributed by atoms with E-state index in [0.717, 1.165) is 6.08 Å². The average molecular weight is 235 g/mol. The Morgan fingerprint density at radius 3 is 2.47 bits per heavy atom. The highest BCUT2D eigenvalue weighted by atomic mass is 16.5. The number of hydrogen-bond donors (Lipinski definition) is 2. The summed E-state index contributed by atoms with van der Waals surface area (Å²) in [4.78, 5) is 22.4. The van der Waals surface area contributed by atoms with E-state index in [1.165, 1.54) is 12.1 Å². The third-order valence-electron chi connectivity index (χ3n) is 1.96. The van der Waals surface area contributed by atoms with Crippen LogP contribution in [0, 0.1) is 0 Å². The zero-order valence-corrected chi connectivity index (χ0v) is 9.34. The summed E-state index contributed by atoms with van der Waals surface area (Å²) < 4.78 is 4.53. The first-order chi connectivity index (χ1) is 8.04. The molecule has 0 heterocycles. The van der Waals surface area contributed by atoms with Gasteiger partial charge in [0.25, 0.3) is 5.78 Å². The highest BCUT2D eigenvalue weighted by Gasteiger charge is 2.12. The fourth-order valence-corrected chi connectivity index (χ4v) is 1.14. The molecule has 0 radical (unpaired) electrons. The first-order valence-electron chi connectivity index (χ1n) is 5.02. The molecule has 0 atom stereocenters. The summed E-state index contributed by atoms with van der Waals surface area (Å²) in [6.45, 7) is 1.75. The number of ketones is 1. The van der Waals surface area contributed by atoms with E-state index in [9.17, 15) is 9.59 Å². The van der Waals surface area contributed by atoms with Crippen molar-refractivity contribution in [2.24, 2.45) is 5.73 Å². The van der Waals surface area contributed by atoms with Crippen molar-refractivity contribution >= 4 is 17.4 Å². The molecule has 1 aromatic rings. The third kappa shape index (κ3) is 3.64.